The highest BCUT2D eigenvalue weighted by molar-refractivity contribution is 7.85. The topological polar surface area (TPSA) is 58.6 Å². The van der Waals surface area contributed by atoms with E-state index >= 15 is 0 Å². The lowest BCUT2D eigenvalue weighted by Crippen LogP contribution is -2.48. The smallest absolute Gasteiger partial charge is 0.317 e. The average Bonchev–Trinajstić information content (AvgIpc) is 2.83. The Bertz CT molecular complexity index is 343. The van der Waals surface area contributed by atoms with E-state index in [1.807, 2.05) is 11.9 Å². The number of methoxy groups -OCH3 is 1. The van der Waals surface area contributed by atoms with Gasteiger partial charge in [-0.3, -0.25) is 4.21 Å². The molecule has 1 saturated carbocycles. The number of amides is 2. The zero-order valence-electron chi connectivity index (χ0n) is 11.8. The monoisotopic (exact) mass is 288 g/mol. The molecular formula is C13H24N2O3S. The standard InChI is InChI=1S/C13H24N2O3S/c1-15(11-3-5-12(18-2)6-4-11)13(16)14-10-7-8-19(17)9-10/h10-12H,3-9H2,1-2H3,(H,14,16). The Morgan fingerprint density at radius 1 is 1.26 bits per heavy atom. The molecule has 1 saturated heterocycles. The summed E-state index contributed by atoms with van der Waals surface area (Å²) in [6.45, 7) is 0. The van der Waals surface area contributed by atoms with Gasteiger partial charge in [-0.05, 0) is 32.1 Å². The molecule has 1 aliphatic carbocycles. The molecule has 1 N–H and O–H groups in total. The lowest BCUT2D eigenvalue weighted by molar-refractivity contribution is 0.0494. The van der Waals surface area contributed by atoms with Gasteiger partial charge in [-0.2, -0.15) is 0 Å². The molecule has 2 unspecified atom stereocenters. The summed E-state index contributed by atoms with van der Waals surface area (Å²) in [7, 11) is 2.87. The fourth-order valence-corrected chi connectivity index (χ4v) is 4.30. The first kappa shape index (κ1) is 14.8. The van der Waals surface area contributed by atoms with E-state index < -0.39 is 10.8 Å². The van der Waals surface area contributed by atoms with E-state index in [-0.39, 0.29) is 12.1 Å². The van der Waals surface area contributed by atoms with Crippen molar-refractivity contribution in [3.63, 3.8) is 0 Å². The molecule has 1 aliphatic heterocycles. The molecule has 2 atom stereocenters. The predicted molar refractivity (Wildman–Crippen MR) is 75.6 cm³/mol. The number of hydrogen-bond donors (Lipinski definition) is 1. The maximum atomic E-state index is 12.1. The lowest BCUT2D eigenvalue weighted by Gasteiger charge is -2.34. The van der Waals surface area contributed by atoms with Gasteiger partial charge >= 0.3 is 6.03 Å². The first-order chi connectivity index (χ1) is 9.10. The van der Waals surface area contributed by atoms with Crippen LogP contribution in [0.4, 0.5) is 4.79 Å². The molecule has 2 aliphatic rings. The summed E-state index contributed by atoms with van der Waals surface area (Å²) in [6, 6.07) is 0.370. The second-order valence-corrected chi connectivity index (χ2v) is 7.14. The van der Waals surface area contributed by atoms with Gasteiger partial charge in [0.1, 0.15) is 0 Å². The second kappa shape index (κ2) is 6.70. The van der Waals surface area contributed by atoms with Gasteiger partial charge in [0.2, 0.25) is 0 Å². The number of ether oxygens (including phenoxy) is 1. The van der Waals surface area contributed by atoms with Crippen LogP contribution in [0.3, 0.4) is 0 Å². The summed E-state index contributed by atoms with van der Waals surface area (Å²) in [5.74, 6) is 1.32. The molecule has 0 spiro atoms. The van der Waals surface area contributed by atoms with E-state index in [1.54, 1.807) is 7.11 Å². The summed E-state index contributed by atoms with van der Waals surface area (Å²) in [5.41, 5.74) is 0. The van der Waals surface area contributed by atoms with E-state index in [0.29, 0.717) is 23.7 Å². The Balaban J connectivity index is 1.77. The van der Waals surface area contributed by atoms with Crippen LogP contribution < -0.4 is 5.32 Å². The number of hydrogen-bond acceptors (Lipinski definition) is 3. The minimum Gasteiger partial charge on any atom is -0.381 e. The second-order valence-electron chi connectivity index (χ2n) is 5.52. The van der Waals surface area contributed by atoms with Crippen LogP contribution >= 0.6 is 0 Å². The molecule has 110 valence electrons. The minimum atomic E-state index is -0.743. The van der Waals surface area contributed by atoms with E-state index in [1.165, 1.54) is 0 Å². The molecule has 0 bridgehead atoms. The SMILES string of the molecule is COC1CCC(N(C)C(=O)NC2CCS(=O)C2)CC1. The molecule has 1 heterocycles. The van der Waals surface area contributed by atoms with Crippen molar-refractivity contribution in [1.29, 1.82) is 0 Å². The zero-order valence-corrected chi connectivity index (χ0v) is 12.6. The quantitative estimate of drug-likeness (QED) is 0.846. The molecule has 0 radical (unpaired) electrons. The number of carbonyl (C=O) groups excluding carboxylic acids is 1. The number of urea groups is 1. The largest absolute Gasteiger partial charge is 0.381 e. The molecule has 19 heavy (non-hydrogen) atoms. The first-order valence-corrected chi connectivity index (χ1v) is 8.50. The maximum Gasteiger partial charge on any atom is 0.317 e. The van der Waals surface area contributed by atoms with Gasteiger partial charge < -0.3 is 15.0 Å². The summed E-state index contributed by atoms with van der Waals surface area (Å²) in [4.78, 5) is 14.0. The van der Waals surface area contributed by atoms with E-state index in [0.717, 1.165) is 32.1 Å². The lowest BCUT2D eigenvalue weighted by atomic mass is 9.92. The fourth-order valence-electron chi connectivity index (χ4n) is 2.89. The average molecular weight is 288 g/mol. The van der Waals surface area contributed by atoms with Crippen molar-refractivity contribution in [2.45, 2.75) is 50.3 Å². The summed E-state index contributed by atoms with van der Waals surface area (Å²) in [6.07, 6.45) is 5.23. The van der Waals surface area contributed by atoms with Crippen LogP contribution in [0.1, 0.15) is 32.1 Å². The van der Waals surface area contributed by atoms with E-state index in [2.05, 4.69) is 5.32 Å². The Labute approximate surface area is 117 Å². The van der Waals surface area contributed by atoms with E-state index in [4.69, 9.17) is 4.74 Å². The Hall–Kier alpha value is -0.620. The molecular weight excluding hydrogens is 264 g/mol. The molecule has 6 heteroatoms. The molecule has 2 rings (SSSR count). The van der Waals surface area contributed by atoms with Gasteiger partial charge in [0, 0.05) is 48.5 Å². The van der Waals surface area contributed by atoms with Gasteiger partial charge in [-0.1, -0.05) is 0 Å². The molecule has 2 fully saturated rings. The van der Waals surface area contributed by atoms with Gasteiger partial charge in [0.15, 0.2) is 0 Å². The summed E-state index contributed by atoms with van der Waals surface area (Å²) < 4.78 is 16.7. The van der Waals surface area contributed by atoms with Crippen molar-refractivity contribution in [2.75, 3.05) is 25.7 Å². The van der Waals surface area contributed by atoms with Crippen molar-refractivity contribution >= 4 is 16.8 Å². The number of nitrogens with zero attached hydrogens (tertiary/aromatic N) is 1. The third-order valence-corrected chi connectivity index (χ3v) is 5.72. The third kappa shape index (κ3) is 3.92. The Morgan fingerprint density at radius 2 is 1.95 bits per heavy atom. The van der Waals surface area contributed by atoms with Gasteiger partial charge in [0.25, 0.3) is 0 Å². The third-order valence-electron chi connectivity index (χ3n) is 4.25. The predicted octanol–water partition coefficient (Wildman–Crippen LogP) is 1.11. The fraction of sp³-hybridized carbons (Fsp3) is 0.923. The van der Waals surface area contributed by atoms with Crippen LogP contribution in [0.5, 0.6) is 0 Å². The highest BCUT2D eigenvalue weighted by Crippen LogP contribution is 2.24. The van der Waals surface area contributed by atoms with Crippen molar-refractivity contribution in [2.24, 2.45) is 0 Å². The van der Waals surface area contributed by atoms with Crippen molar-refractivity contribution in [3.8, 4) is 0 Å². The first-order valence-electron chi connectivity index (χ1n) is 7.01. The Kier molecular flexibility index (Phi) is 5.21. The highest BCUT2D eigenvalue weighted by atomic mass is 32.2. The van der Waals surface area contributed by atoms with Crippen molar-refractivity contribution in [3.05, 3.63) is 0 Å². The molecule has 2 amide bonds. The van der Waals surface area contributed by atoms with Crippen LogP contribution in [-0.2, 0) is 15.5 Å². The van der Waals surface area contributed by atoms with Crippen LogP contribution in [0.25, 0.3) is 0 Å². The minimum absolute atomic E-state index is 0.0234. The van der Waals surface area contributed by atoms with Gasteiger partial charge in [-0.15, -0.1) is 0 Å². The molecule has 5 nitrogen and oxygen atoms in total. The highest BCUT2D eigenvalue weighted by Gasteiger charge is 2.29. The normalized spacial score (nSPS) is 35.1. The van der Waals surface area contributed by atoms with Crippen LogP contribution in [0.15, 0.2) is 0 Å². The summed E-state index contributed by atoms with van der Waals surface area (Å²) in [5, 5.41) is 2.99. The van der Waals surface area contributed by atoms with Crippen LogP contribution in [-0.4, -0.2) is 59.0 Å². The maximum absolute atomic E-state index is 12.1. The van der Waals surface area contributed by atoms with Gasteiger partial charge in [-0.25, -0.2) is 4.79 Å². The number of nitrogens with one attached hydrogen (secondary N) is 1. The zero-order chi connectivity index (χ0) is 13.8. The van der Waals surface area contributed by atoms with Crippen LogP contribution in [0.2, 0.25) is 0 Å². The molecule has 0 aromatic heterocycles. The number of rotatable bonds is 3. The Morgan fingerprint density at radius 3 is 2.47 bits per heavy atom. The van der Waals surface area contributed by atoms with Crippen LogP contribution in [0, 0.1) is 0 Å². The van der Waals surface area contributed by atoms with E-state index in [9.17, 15) is 9.00 Å². The van der Waals surface area contributed by atoms with Crippen molar-refractivity contribution in [1.82, 2.24) is 10.2 Å². The number of carbonyl (C=O) groups is 1. The molecule has 0 aromatic carbocycles. The summed E-state index contributed by atoms with van der Waals surface area (Å²) >= 11 is 0. The molecule has 0 aromatic rings. The van der Waals surface area contributed by atoms with Gasteiger partial charge in [0.05, 0.1) is 6.10 Å². The van der Waals surface area contributed by atoms with Crippen molar-refractivity contribution < 1.29 is 13.7 Å².